The lowest BCUT2D eigenvalue weighted by atomic mass is 9.88. The van der Waals surface area contributed by atoms with Crippen molar-refractivity contribution in [2.45, 2.75) is 13.3 Å². The van der Waals surface area contributed by atoms with Gasteiger partial charge < -0.3 is 10.2 Å². The van der Waals surface area contributed by atoms with E-state index in [1.54, 1.807) is 13.0 Å². The molecule has 2 N–H and O–H groups in total. The zero-order chi connectivity index (χ0) is 10.0. The number of aliphatic carboxylic acids is 2. The second kappa shape index (κ2) is 3.43. The van der Waals surface area contributed by atoms with Gasteiger partial charge in [0.2, 0.25) is 0 Å². The van der Waals surface area contributed by atoms with Crippen LogP contribution in [0.1, 0.15) is 13.3 Å². The predicted octanol–water partition coefficient (Wildman–Crippen LogP) is 1.05. The van der Waals surface area contributed by atoms with Crippen LogP contribution in [0, 0.1) is 5.92 Å². The molecule has 0 spiro atoms. The molecule has 0 aromatic carbocycles. The molecule has 0 amide bonds. The molecule has 1 aliphatic carbocycles. The van der Waals surface area contributed by atoms with Gasteiger partial charge in [0.15, 0.2) is 0 Å². The highest BCUT2D eigenvalue weighted by Crippen LogP contribution is 2.25. The maximum Gasteiger partial charge on any atom is 0.332 e. The number of allylic oxidation sites excluding steroid dienone is 3. The molecule has 13 heavy (non-hydrogen) atoms. The molecular formula is C9H10O4. The maximum absolute atomic E-state index is 10.7. The molecule has 0 fully saturated rings. The van der Waals surface area contributed by atoms with E-state index in [9.17, 15) is 9.59 Å². The lowest BCUT2D eigenvalue weighted by molar-refractivity contribution is -0.143. The summed E-state index contributed by atoms with van der Waals surface area (Å²) >= 11 is 0. The molecule has 1 aliphatic rings. The van der Waals surface area contributed by atoms with Crippen molar-refractivity contribution >= 4 is 11.9 Å². The number of rotatable bonds is 2. The quantitative estimate of drug-likeness (QED) is 0.669. The van der Waals surface area contributed by atoms with E-state index < -0.39 is 17.9 Å². The Balaban J connectivity index is 2.99. The van der Waals surface area contributed by atoms with Gasteiger partial charge in [0.25, 0.3) is 0 Å². The molecule has 0 bridgehead atoms. The lowest BCUT2D eigenvalue weighted by Crippen LogP contribution is -2.23. The number of carboxylic acids is 2. The van der Waals surface area contributed by atoms with E-state index in [0.717, 1.165) is 5.57 Å². The predicted molar refractivity (Wildman–Crippen MR) is 45.2 cm³/mol. The smallest absolute Gasteiger partial charge is 0.332 e. The van der Waals surface area contributed by atoms with E-state index in [1.165, 1.54) is 6.08 Å². The summed E-state index contributed by atoms with van der Waals surface area (Å²) in [7, 11) is 0. The second-order valence-electron chi connectivity index (χ2n) is 3.04. The summed E-state index contributed by atoms with van der Waals surface area (Å²) in [6.45, 7) is 1.78. The summed E-state index contributed by atoms with van der Waals surface area (Å²) in [5, 5.41) is 17.4. The van der Waals surface area contributed by atoms with Crippen LogP contribution in [0.5, 0.6) is 0 Å². The minimum atomic E-state index is -1.16. The Morgan fingerprint density at radius 3 is 2.46 bits per heavy atom. The molecule has 0 radical (unpaired) electrons. The van der Waals surface area contributed by atoms with Crippen molar-refractivity contribution in [3.8, 4) is 0 Å². The normalized spacial score (nSPS) is 21.8. The minimum Gasteiger partial charge on any atom is -0.481 e. The van der Waals surface area contributed by atoms with E-state index in [-0.39, 0.29) is 12.0 Å². The summed E-state index contributed by atoms with van der Waals surface area (Å²) in [5.74, 6) is -3.14. The highest BCUT2D eigenvalue weighted by atomic mass is 16.4. The third-order valence-corrected chi connectivity index (χ3v) is 1.99. The average Bonchev–Trinajstić information content (AvgIpc) is 2.03. The zero-order valence-electron chi connectivity index (χ0n) is 7.15. The summed E-state index contributed by atoms with van der Waals surface area (Å²) in [5.41, 5.74) is 0.843. The molecule has 1 atom stereocenters. The van der Waals surface area contributed by atoms with Crippen molar-refractivity contribution < 1.29 is 19.8 Å². The number of carbonyl (C=O) groups is 2. The van der Waals surface area contributed by atoms with Gasteiger partial charge in [-0.2, -0.15) is 0 Å². The Bertz CT molecular complexity index is 312. The van der Waals surface area contributed by atoms with E-state index in [1.807, 2.05) is 0 Å². The molecule has 0 heterocycles. The average molecular weight is 182 g/mol. The monoisotopic (exact) mass is 182 g/mol. The number of hydrogen-bond donors (Lipinski definition) is 2. The SMILES string of the molecule is CC1=CC=C(C(=O)O)C(C(=O)O)C1. The molecule has 4 heteroatoms. The first-order chi connectivity index (χ1) is 6.02. The Hall–Kier alpha value is -1.58. The minimum absolute atomic E-state index is 0.0434. The number of hydrogen-bond acceptors (Lipinski definition) is 2. The second-order valence-corrected chi connectivity index (χ2v) is 3.04. The maximum atomic E-state index is 10.7. The third kappa shape index (κ3) is 1.96. The Labute approximate surface area is 75.2 Å². The first-order valence-corrected chi connectivity index (χ1v) is 3.86. The van der Waals surface area contributed by atoms with E-state index in [0.29, 0.717) is 0 Å². The largest absolute Gasteiger partial charge is 0.481 e. The van der Waals surface area contributed by atoms with Gasteiger partial charge >= 0.3 is 11.9 Å². The van der Waals surface area contributed by atoms with Gasteiger partial charge in [-0.3, -0.25) is 4.79 Å². The van der Waals surface area contributed by atoms with Crippen molar-refractivity contribution in [1.82, 2.24) is 0 Å². The molecule has 0 aliphatic heterocycles. The summed E-state index contributed by atoms with van der Waals surface area (Å²) in [4.78, 5) is 21.3. The molecule has 4 nitrogen and oxygen atoms in total. The van der Waals surface area contributed by atoms with E-state index in [4.69, 9.17) is 10.2 Å². The molecule has 70 valence electrons. The third-order valence-electron chi connectivity index (χ3n) is 1.99. The summed E-state index contributed by atoms with van der Waals surface area (Å²) in [6, 6.07) is 0. The van der Waals surface area contributed by atoms with Crippen LogP contribution in [-0.4, -0.2) is 22.2 Å². The summed E-state index contributed by atoms with van der Waals surface area (Å²) < 4.78 is 0. The van der Waals surface area contributed by atoms with Gasteiger partial charge in [-0.1, -0.05) is 17.7 Å². The Kier molecular flexibility index (Phi) is 2.51. The van der Waals surface area contributed by atoms with Gasteiger partial charge in [-0.05, 0) is 13.3 Å². The Morgan fingerprint density at radius 2 is 2.00 bits per heavy atom. The van der Waals surface area contributed by atoms with Gasteiger partial charge in [0.1, 0.15) is 0 Å². The van der Waals surface area contributed by atoms with Crippen LogP contribution in [0.2, 0.25) is 0 Å². The molecule has 1 rings (SSSR count). The molecular weight excluding hydrogens is 172 g/mol. The first-order valence-electron chi connectivity index (χ1n) is 3.86. The summed E-state index contributed by atoms with van der Waals surface area (Å²) in [6.07, 6.45) is 3.29. The first kappa shape index (κ1) is 9.51. The van der Waals surface area contributed by atoms with E-state index >= 15 is 0 Å². The van der Waals surface area contributed by atoms with Crippen LogP contribution in [0.25, 0.3) is 0 Å². The van der Waals surface area contributed by atoms with Crippen molar-refractivity contribution in [2.24, 2.45) is 5.92 Å². The van der Waals surface area contributed by atoms with Crippen molar-refractivity contribution in [2.75, 3.05) is 0 Å². The fraction of sp³-hybridized carbons (Fsp3) is 0.333. The molecule has 0 aromatic heterocycles. The van der Waals surface area contributed by atoms with Crippen LogP contribution in [0.15, 0.2) is 23.3 Å². The van der Waals surface area contributed by atoms with Crippen LogP contribution in [-0.2, 0) is 9.59 Å². The number of carboxylic acid groups (broad SMARTS) is 2. The van der Waals surface area contributed by atoms with Gasteiger partial charge in [0.05, 0.1) is 11.5 Å². The highest BCUT2D eigenvalue weighted by molar-refractivity contribution is 5.94. The Morgan fingerprint density at radius 1 is 1.38 bits per heavy atom. The van der Waals surface area contributed by atoms with Gasteiger partial charge in [-0.25, -0.2) is 4.79 Å². The van der Waals surface area contributed by atoms with Crippen LogP contribution in [0.4, 0.5) is 0 Å². The molecule has 0 saturated carbocycles. The fourth-order valence-corrected chi connectivity index (χ4v) is 1.29. The van der Waals surface area contributed by atoms with Crippen LogP contribution < -0.4 is 0 Å². The molecule has 0 saturated heterocycles. The molecule has 1 unspecified atom stereocenters. The fourth-order valence-electron chi connectivity index (χ4n) is 1.29. The molecule has 0 aromatic rings. The van der Waals surface area contributed by atoms with Crippen molar-refractivity contribution in [3.05, 3.63) is 23.3 Å². The lowest BCUT2D eigenvalue weighted by Gasteiger charge is -2.16. The highest BCUT2D eigenvalue weighted by Gasteiger charge is 2.28. The van der Waals surface area contributed by atoms with Crippen LogP contribution >= 0.6 is 0 Å². The van der Waals surface area contributed by atoms with Crippen molar-refractivity contribution in [1.29, 1.82) is 0 Å². The van der Waals surface area contributed by atoms with E-state index in [2.05, 4.69) is 0 Å². The van der Waals surface area contributed by atoms with Gasteiger partial charge in [-0.15, -0.1) is 0 Å². The zero-order valence-corrected chi connectivity index (χ0v) is 7.15. The van der Waals surface area contributed by atoms with Crippen molar-refractivity contribution in [3.63, 3.8) is 0 Å². The standard InChI is InChI=1S/C9H10O4/c1-5-2-3-6(8(10)11)7(4-5)9(12)13/h2-3,7H,4H2,1H3,(H,10,11)(H,12,13). The topological polar surface area (TPSA) is 74.6 Å². The van der Waals surface area contributed by atoms with Gasteiger partial charge in [0, 0.05) is 0 Å². The van der Waals surface area contributed by atoms with Crippen LogP contribution in [0.3, 0.4) is 0 Å².